The molecule has 0 radical (unpaired) electrons. The zero-order chi connectivity index (χ0) is 12.3. The maximum absolute atomic E-state index is 13.0. The lowest BCUT2D eigenvalue weighted by molar-refractivity contribution is 0.0880. The van der Waals surface area contributed by atoms with Gasteiger partial charge in [-0.1, -0.05) is 13.8 Å². The lowest BCUT2D eigenvalue weighted by Gasteiger charge is -2.30. The molecule has 1 spiro atoms. The molecule has 1 heterocycles. The van der Waals surface area contributed by atoms with Crippen LogP contribution in [-0.4, -0.2) is 35.4 Å². The van der Waals surface area contributed by atoms with Crippen LogP contribution in [0.25, 0.3) is 0 Å². The highest BCUT2D eigenvalue weighted by atomic mass is 31.1. The summed E-state index contributed by atoms with van der Waals surface area (Å²) in [7, 11) is 0.927. The number of halogens is 2. The van der Waals surface area contributed by atoms with Crippen molar-refractivity contribution >= 4 is 8.58 Å². The zero-order valence-corrected chi connectivity index (χ0v) is 11.7. The Kier molecular flexibility index (Phi) is 2.80. The van der Waals surface area contributed by atoms with E-state index in [9.17, 15) is 8.78 Å². The Morgan fingerprint density at radius 1 is 1.29 bits per heavy atom. The lowest BCUT2D eigenvalue weighted by atomic mass is 10.1. The summed E-state index contributed by atoms with van der Waals surface area (Å²) < 4.78 is 26.0. The molecule has 4 heteroatoms. The largest absolute Gasteiger partial charge is 0.296 e. The Balaban J connectivity index is 1.63. The van der Waals surface area contributed by atoms with Crippen LogP contribution in [0.5, 0.6) is 0 Å². The Labute approximate surface area is 104 Å². The van der Waals surface area contributed by atoms with Gasteiger partial charge in [0.15, 0.2) is 0 Å². The molecule has 3 fully saturated rings. The molecule has 1 saturated heterocycles. The van der Waals surface area contributed by atoms with E-state index in [2.05, 4.69) is 18.7 Å². The van der Waals surface area contributed by atoms with Gasteiger partial charge in [0, 0.05) is 24.7 Å². The van der Waals surface area contributed by atoms with Crippen molar-refractivity contribution < 1.29 is 8.78 Å². The molecular formula is C13H22F2NP. The van der Waals surface area contributed by atoms with Gasteiger partial charge >= 0.3 is 0 Å². The summed E-state index contributed by atoms with van der Waals surface area (Å²) in [5, 5.41) is 0. The fourth-order valence-electron chi connectivity index (χ4n) is 3.25. The molecule has 17 heavy (non-hydrogen) atoms. The van der Waals surface area contributed by atoms with E-state index in [1.807, 2.05) is 0 Å². The van der Waals surface area contributed by atoms with Crippen molar-refractivity contribution in [3.63, 3.8) is 0 Å². The third-order valence-electron chi connectivity index (χ3n) is 4.64. The summed E-state index contributed by atoms with van der Waals surface area (Å²) in [5.41, 5.74) is 1.25. The van der Waals surface area contributed by atoms with Crippen molar-refractivity contribution in [2.24, 2.45) is 11.3 Å². The molecule has 0 amide bonds. The Morgan fingerprint density at radius 2 is 1.94 bits per heavy atom. The molecule has 3 aliphatic rings. The summed E-state index contributed by atoms with van der Waals surface area (Å²) in [5.74, 6) is -2.06. The Morgan fingerprint density at radius 3 is 2.41 bits per heavy atom. The first-order valence-corrected chi connectivity index (χ1v) is 7.96. The summed E-state index contributed by atoms with van der Waals surface area (Å²) in [6.45, 7) is 6.24. The summed E-state index contributed by atoms with van der Waals surface area (Å²) in [6.07, 6.45) is 4.08. The molecule has 2 saturated carbocycles. The van der Waals surface area contributed by atoms with Crippen LogP contribution in [0.2, 0.25) is 0 Å². The fraction of sp³-hybridized carbons (Fsp3) is 1.00. The van der Waals surface area contributed by atoms with E-state index in [1.165, 1.54) is 19.3 Å². The monoisotopic (exact) mass is 261 g/mol. The van der Waals surface area contributed by atoms with Gasteiger partial charge < -0.3 is 0 Å². The second-order valence-electron chi connectivity index (χ2n) is 6.49. The molecule has 0 bridgehead atoms. The molecule has 0 aromatic carbocycles. The van der Waals surface area contributed by atoms with Gasteiger partial charge in [-0.25, -0.2) is 8.78 Å². The number of hydrogen-bond donors (Lipinski definition) is 0. The Hall–Kier alpha value is 0.250. The van der Waals surface area contributed by atoms with Crippen LogP contribution in [0, 0.1) is 11.3 Å². The van der Waals surface area contributed by atoms with Crippen molar-refractivity contribution in [3.05, 3.63) is 0 Å². The molecule has 3 rings (SSSR count). The molecule has 0 N–H and O–H groups in total. The predicted molar refractivity (Wildman–Crippen MR) is 68.2 cm³/mol. The van der Waals surface area contributed by atoms with Crippen LogP contribution in [0.1, 0.15) is 39.5 Å². The zero-order valence-electron chi connectivity index (χ0n) is 10.7. The number of likely N-dealkylation sites (tertiary alicyclic amines) is 1. The highest BCUT2D eigenvalue weighted by Gasteiger charge is 2.60. The van der Waals surface area contributed by atoms with Crippen LogP contribution >= 0.6 is 8.58 Å². The molecule has 98 valence electrons. The third kappa shape index (κ3) is 2.26. The van der Waals surface area contributed by atoms with Gasteiger partial charge in [-0.3, -0.25) is 4.90 Å². The first-order chi connectivity index (χ1) is 7.93. The number of hydrogen-bond acceptors (Lipinski definition) is 1. The van der Waals surface area contributed by atoms with Crippen molar-refractivity contribution in [1.82, 2.24) is 4.90 Å². The second-order valence-corrected chi connectivity index (χ2v) is 8.53. The quantitative estimate of drug-likeness (QED) is 0.700. The summed E-state index contributed by atoms with van der Waals surface area (Å²) >= 11 is 0. The Bertz CT molecular complexity index is 315. The van der Waals surface area contributed by atoms with Gasteiger partial charge in [-0.05, 0) is 36.9 Å². The third-order valence-corrected chi connectivity index (χ3v) is 6.60. The minimum atomic E-state index is -2.34. The van der Waals surface area contributed by atoms with E-state index in [0.29, 0.717) is 23.4 Å². The normalized spacial score (nSPS) is 38.6. The van der Waals surface area contributed by atoms with Crippen molar-refractivity contribution in [2.45, 2.75) is 56.9 Å². The first kappa shape index (κ1) is 12.3. The smallest absolute Gasteiger partial charge is 0.252 e. The maximum Gasteiger partial charge on any atom is 0.252 e. The number of rotatable bonds is 4. The van der Waals surface area contributed by atoms with E-state index in [4.69, 9.17) is 0 Å². The molecule has 2 aliphatic carbocycles. The molecule has 0 aromatic rings. The van der Waals surface area contributed by atoms with Crippen molar-refractivity contribution in [3.8, 4) is 0 Å². The van der Waals surface area contributed by atoms with E-state index < -0.39 is 5.92 Å². The van der Waals surface area contributed by atoms with Crippen LogP contribution < -0.4 is 0 Å². The second kappa shape index (κ2) is 3.87. The topological polar surface area (TPSA) is 3.24 Å². The standard InChI is InChI=1S/C13H22F2NP/c1-9(2)17-11-12(3-4-12)5-6-16(11)8-10-7-13(10,14)15/h9-11,17H,3-8H2,1-2H3. The molecule has 1 nitrogen and oxygen atoms in total. The molecule has 1 aliphatic heterocycles. The van der Waals surface area contributed by atoms with E-state index >= 15 is 0 Å². The summed E-state index contributed by atoms with van der Waals surface area (Å²) in [6, 6.07) is 0. The van der Waals surface area contributed by atoms with E-state index in [0.717, 1.165) is 15.1 Å². The highest BCUT2D eigenvalue weighted by molar-refractivity contribution is 7.39. The van der Waals surface area contributed by atoms with Gasteiger partial charge in [-0.2, -0.15) is 0 Å². The van der Waals surface area contributed by atoms with Gasteiger partial charge in [0.05, 0.1) is 0 Å². The van der Waals surface area contributed by atoms with Gasteiger partial charge in [0.25, 0.3) is 5.92 Å². The molecule has 3 unspecified atom stereocenters. The van der Waals surface area contributed by atoms with Crippen LogP contribution in [0.3, 0.4) is 0 Å². The van der Waals surface area contributed by atoms with Crippen LogP contribution in [0.15, 0.2) is 0 Å². The average molecular weight is 261 g/mol. The molecular weight excluding hydrogens is 239 g/mol. The first-order valence-electron chi connectivity index (χ1n) is 6.81. The van der Waals surface area contributed by atoms with Gasteiger partial charge in [0.1, 0.15) is 0 Å². The van der Waals surface area contributed by atoms with Crippen molar-refractivity contribution in [1.29, 1.82) is 0 Å². The van der Waals surface area contributed by atoms with Gasteiger partial charge in [0.2, 0.25) is 0 Å². The number of nitrogens with zero attached hydrogens (tertiary/aromatic N) is 1. The fourth-order valence-corrected chi connectivity index (χ4v) is 5.11. The SMILES string of the molecule is CC(C)PC1N(CC2CC2(F)F)CCC12CC2. The maximum atomic E-state index is 13.0. The minimum Gasteiger partial charge on any atom is -0.296 e. The summed E-state index contributed by atoms with van der Waals surface area (Å²) in [4.78, 5) is 2.40. The van der Waals surface area contributed by atoms with Crippen molar-refractivity contribution in [2.75, 3.05) is 13.1 Å². The lowest BCUT2D eigenvalue weighted by Crippen LogP contribution is -2.33. The molecule has 0 aromatic heterocycles. The van der Waals surface area contributed by atoms with Crippen LogP contribution in [0.4, 0.5) is 8.78 Å². The van der Waals surface area contributed by atoms with E-state index in [-0.39, 0.29) is 12.3 Å². The van der Waals surface area contributed by atoms with Gasteiger partial charge in [-0.15, -0.1) is 8.58 Å². The average Bonchev–Trinajstić information content (AvgIpc) is 3.06. The predicted octanol–water partition coefficient (Wildman–Crippen LogP) is 3.54. The minimum absolute atomic E-state index is 0.133. The highest BCUT2D eigenvalue weighted by Crippen LogP contribution is 2.63. The van der Waals surface area contributed by atoms with Crippen LogP contribution in [-0.2, 0) is 0 Å². The number of alkyl halides is 2. The molecule has 3 atom stereocenters. The van der Waals surface area contributed by atoms with E-state index in [1.54, 1.807) is 0 Å².